The van der Waals surface area contributed by atoms with Crippen LogP contribution >= 0.6 is 34.5 Å². The number of hydrogen-bond donors (Lipinski definition) is 0. The molecule has 0 amide bonds. The molecule has 3 rings (SSSR count). The van der Waals surface area contributed by atoms with Crippen LogP contribution in [0.1, 0.15) is 18.3 Å². The molecule has 0 saturated heterocycles. The van der Waals surface area contributed by atoms with Gasteiger partial charge in [0.05, 0.1) is 14.6 Å². The summed E-state index contributed by atoms with van der Waals surface area (Å²) in [5.41, 5.74) is 0.518. The zero-order chi connectivity index (χ0) is 14.3. The van der Waals surface area contributed by atoms with Crippen LogP contribution in [0.15, 0.2) is 23.0 Å². The minimum absolute atomic E-state index is 0.187. The van der Waals surface area contributed by atoms with Crippen LogP contribution in [-0.2, 0) is 6.42 Å². The Morgan fingerprint density at radius 3 is 2.90 bits per heavy atom. The highest BCUT2D eigenvalue weighted by Crippen LogP contribution is 2.25. The van der Waals surface area contributed by atoms with Gasteiger partial charge >= 0.3 is 0 Å². The Morgan fingerprint density at radius 2 is 2.20 bits per heavy atom. The van der Waals surface area contributed by atoms with Gasteiger partial charge in [-0.25, -0.2) is 4.98 Å². The lowest BCUT2D eigenvalue weighted by Gasteiger charge is -1.98. The third-order valence-corrected chi connectivity index (χ3v) is 4.60. The van der Waals surface area contributed by atoms with Crippen molar-refractivity contribution in [2.75, 3.05) is 0 Å². The van der Waals surface area contributed by atoms with E-state index in [1.807, 2.05) is 6.92 Å². The molecule has 0 spiro atoms. The number of thiazole rings is 1. The van der Waals surface area contributed by atoms with Crippen LogP contribution in [0.4, 0.5) is 0 Å². The van der Waals surface area contributed by atoms with E-state index in [0.717, 1.165) is 0 Å². The fourth-order valence-corrected chi connectivity index (χ4v) is 3.08. The first-order valence-corrected chi connectivity index (χ1v) is 7.51. The van der Waals surface area contributed by atoms with Crippen molar-refractivity contribution in [2.24, 2.45) is 0 Å². The van der Waals surface area contributed by atoms with Crippen LogP contribution in [0.5, 0.6) is 0 Å². The Bertz CT molecular complexity index is 900. The number of halogens is 2. The number of benzene rings is 1. The van der Waals surface area contributed by atoms with E-state index in [1.54, 1.807) is 24.3 Å². The van der Waals surface area contributed by atoms with Gasteiger partial charge in [0.25, 0.3) is 5.56 Å². The first-order valence-electron chi connectivity index (χ1n) is 5.94. The fraction of sp³-hybridized carbons (Fsp3) is 0.154. The van der Waals surface area contributed by atoms with Crippen LogP contribution in [0.25, 0.3) is 11.0 Å². The quantitative estimate of drug-likeness (QED) is 0.727. The van der Waals surface area contributed by atoms with Gasteiger partial charge in [-0.15, -0.1) is 5.10 Å². The van der Waals surface area contributed by atoms with E-state index < -0.39 is 0 Å². The maximum absolute atomic E-state index is 12.2. The number of nitrogens with zero attached hydrogens (tertiary/aromatic N) is 3. The lowest BCUT2D eigenvalue weighted by Crippen LogP contribution is -2.23. The second-order valence-electron chi connectivity index (χ2n) is 4.13. The molecule has 0 fully saturated rings. The molecule has 0 atom stereocenters. The largest absolute Gasteiger partial charge is 0.291 e. The maximum atomic E-state index is 12.2. The molecule has 0 N–H and O–H groups in total. The predicted molar refractivity (Wildman–Crippen MR) is 81.8 cm³/mol. The van der Waals surface area contributed by atoms with Gasteiger partial charge in [-0.2, -0.15) is 4.52 Å². The van der Waals surface area contributed by atoms with Crippen LogP contribution < -0.4 is 10.1 Å². The molecule has 3 aromatic rings. The molecule has 2 aromatic heterocycles. The molecule has 1 aromatic carbocycles. The second-order valence-corrected chi connectivity index (χ2v) is 5.93. The van der Waals surface area contributed by atoms with Crippen molar-refractivity contribution >= 4 is 45.6 Å². The lowest BCUT2D eigenvalue weighted by molar-refractivity contribution is 0.867. The van der Waals surface area contributed by atoms with E-state index in [2.05, 4.69) is 10.1 Å². The second kappa shape index (κ2) is 5.16. The van der Waals surface area contributed by atoms with Crippen LogP contribution in [0, 0.1) is 0 Å². The van der Waals surface area contributed by atoms with Crippen molar-refractivity contribution in [3.05, 3.63) is 54.5 Å². The van der Waals surface area contributed by atoms with Crippen molar-refractivity contribution in [1.29, 1.82) is 0 Å². The SMILES string of the molecule is CCc1nc2s/c(=C\c3cccc(Cl)c3Cl)c(=O)n2n1. The van der Waals surface area contributed by atoms with Gasteiger partial charge in [-0.05, 0) is 17.7 Å². The molecule has 2 heterocycles. The summed E-state index contributed by atoms with van der Waals surface area (Å²) in [7, 11) is 0. The highest BCUT2D eigenvalue weighted by molar-refractivity contribution is 7.15. The molecule has 0 bridgehead atoms. The molecule has 0 unspecified atom stereocenters. The number of rotatable bonds is 2. The first-order chi connectivity index (χ1) is 9.60. The summed E-state index contributed by atoms with van der Waals surface area (Å²) < 4.78 is 1.86. The molecular weight excluding hydrogens is 317 g/mol. The van der Waals surface area contributed by atoms with E-state index in [0.29, 0.717) is 37.3 Å². The lowest BCUT2D eigenvalue weighted by atomic mass is 10.2. The van der Waals surface area contributed by atoms with E-state index in [9.17, 15) is 4.79 Å². The molecule has 4 nitrogen and oxygen atoms in total. The zero-order valence-corrected chi connectivity index (χ0v) is 12.8. The van der Waals surface area contributed by atoms with E-state index in [4.69, 9.17) is 23.2 Å². The summed E-state index contributed by atoms with van der Waals surface area (Å²) >= 11 is 13.4. The highest BCUT2D eigenvalue weighted by atomic mass is 35.5. The van der Waals surface area contributed by atoms with Gasteiger partial charge in [0, 0.05) is 6.42 Å². The van der Waals surface area contributed by atoms with Crippen molar-refractivity contribution in [2.45, 2.75) is 13.3 Å². The monoisotopic (exact) mass is 325 g/mol. The van der Waals surface area contributed by atoms with Crippen LogP contribution in [0.3, 0.4) is 0 Å². The molecule has 102 valence electrons. The first kappa shape index (κ1) is 13.5. The van der Waals surface area contributed by atoms with Gasteiger partial charge in [-0.3, -0.25) is 4.79 Å². The fourth-order valence-electron chi connectivity index (χ4n) is 1.80. The number of aryl methyl sites for hydroxylation is 1. The van der Waals surface area contributed by atoms with Crippen molar-refractivity contribution in [1.82, 2.24) is 14.6 Å². The summed E-state index contributed by atoms with van der Waals surface area (Å²) in [6.45, 7) is 1.95. The highest BCUT2D eigenvalue weighted by Gasteiger charge is 2.10. The van der Waals surface area contributed by atoms with Gasteiger partial charge in [-0.1, -0.05) is 53.6 Å². The van der Waals surface area contributed by atoms with E-state index in [1.165, 1.54) is 15.9 Å². The summed E-state index contributed by atoms with van der Waals surface area (Å²) in [5.74, 6) is 0.667. The number of hydrogen-bond acceptors (Lipinski definition) is 4. The molecular formula is C13H9Cl2N3OS. The maximum Gasteiger partial charge on any atom is 0.291 e. The normalized spacial score (nSPS) is 12.4. The molecule has 0 aliphatic rings. The van der Waals surface area contributed by atoms with Gasteiger partial charge < -0.3 is 0 Å². The van der Waals surface area contributed by atoms with E-state index >= 15 is 0 Å². The summed E-state index contributed by atoms with van der Waals surface area (Å²) in [5, 5.41) is 5.05. The molecule has 0 aliphatic carbocycles. The Hall–Kier alpha value is -1.43. The van der Waals surface area contributed by atoms with Crippen LogP contribution in [-0.4, -0.2) is 14.6 Å². The summed E-state index contributed by atoms with van der Waals surface area (Å²) in [4.78, 5) is 17.1. The average molecular weight is 326 g/mol. The van der Waals surface area contributed by atoms with Crippen LogP contribution in [0.2, 0.25) is 10.0 Å². The molecule has 0 aliphatic heterocycles. The Balaban J connectivity index is 2.21. The molecule has 0 saturated carbocycles. The van der Waals surface area contributed by atoms with Crippen molar-refractivity contribution in [3.8, 4) is 0 Å². The Labute approximate surface area is 128 Å². The van der Waals surface area contributed by atoms with Gasteiger partial charge in [0.1, 0.15) is 0 Å². The Kier molecular flexibility index (Phi) is 3.50. The predicted octanol–water partition coefficient (Wildman–Crippen LogP) is 2.57. The topological polar surface area (TPSA) is 47.3 Å². The average Bonchev–Trinajstić information content (AvgIpc) is 2.96. The third-order valence-electron chi connectivity index (χ3n) is 2.81. The molecule has 20 heavy (non-hydrogen) atoms. The minimum atomic E-state index is -0.187. The molecule has 0 radical (unpaired) electrons. The van der Waals surface area contributed by atoms with Crippen molar-refractivity contribution < 1.29 is 0 Å². The smallest absolute Gasteiger partial charge is 0.266 e. The Morgan fingerprint density at radius 1 is 1.40 bits per heavy atom. The summed E-state index contributed by atoms with van der Waals surface area (Å²) in [6, 6.07) is 5.30. The summed E-state index contributed by atoms with van der Waals surface area (Å²) in [6.07, 6.45) is 2.41. The van der Waals surface area contributed by atoms with E-state index in [-0.39, 0.29) is 5.56 Å². The number of fused-ring (bicyclic) bond motifs is 1. The number of aromatic nitrogens is 3. The minimum Gasteiger partial charge on any atom is -0.266 e. The zero-order valence-electron chi connectivity index (χ0n) is 10.4. The molecule has 7 heteroatoms. The third kappa shape index (κ3) is 2.22. The standard InChI is InChI=1S/C13H9Cl2N3OS/c1-2-10-16-13-18(17-10)12(19)9(20-13)6-7-4-3-5-8(14)11(7)15/h3-6H,2H2,1H3/b9-6-. The van der Waals surface area contributed by atoms with Gasteiger partial charge in [0.2, 0.25) is 4.96 Å². The van der Waals surface area contributed by atoms with Gasteiger partial charge in [0.15, 0.2) is 5.82 Å². The van der Waals surface area contributed by atoms with Crippen molar-refractivity contribution in [3.63, 3.8) is 0 Å².